The Bertz CT molecular complexity index is 1010. The van der Waals surface area contributed by atoms with Crippen LogP contribution in [0.3, 0.4) is 0 Å². The minimum absolute atomic E-state index is 0.118. The zero-order valence-corrected chi connectivity index (χ0v) is 18.2. The zero-order chi connectivity index (χ0) is 19.4. The van der Waals surface area contributed by atoms with E-state index >= 15 is 0 Å². The van der Waals surface area contributed by atoms with Crippen LogP contribution in [0, 0.1) is 0 Å². The first-order valence-electron chi connectivity index (χ1n) is 10.3. The van der Waals surface area contributed by atoms with Gasteiger partial charge in [-0.15, -0.1) is 0 Å². The van der Waals surface area contributed by atoms with Crippen LogP contribution in [0.1, 0.15) is 45.1 Å². The number of para-hydroxylation sites is 1. The molecule has 5 rings (SSSR count). The molecule has 0 aromatic heterocycles. The molecule has 1 aliphatic carbocycles. The highest BCUT2D eigenvalue weighted by molar-refractivity contribution is 9.10. The first-order valence-corrected chi connectivity index (χ1v) is 11.1. The van der Waals surface area contributed by atoms with Crippen LogP contribution in [0.2, 0.25) is 0 Å². The van der Waals surface area contributed by atoms with E-state index < -0.39 is 0 Å². The Morgan fingerprint density at radius 3 is 2.21 bits per heavy atom. The minimum atomic E-state index is 0.118. The molecule has 2 aliphatic rings. The van der Waals surface area contributed by atoms with Gasteiger partial charge in [-0.25, -0.2) is 0 Å². The number of halogens is 1. The molecule has 1 fully saturated rings. The Kier molecular flexibility index (Phi) is 4.17. The number of anilines is 2. The monoisotopic (exact) mass is 431 g/mol. The molecule has 0 saturated heterocycles. The first kappa shape index (κ1) is 18.0. The van der Waals surface area contributed by atoms with Gasteiger partial charge in [-0.1, -0.05) is 72.1 Å². The van der Waals surface area contributed by atoms with E-state index in [4.69, 9.17) is 0 Å². The molecule has 3 aromatic carbocycles. The third kappa shape index (κ3) is 2.50. The van der Waals surface area contributed by atoms with Crippen LogP contribution < -0.4 is 4.90 Å². The van der Waals surface area contributed by atoms with Gasteiger partial charge < -0.3 is 4.90 Å². The lowest BCUT2D eigenvalue weighted by Gasteiger charge is -2.50. The predicted octanol–water partition coefficient (Wildman–Crippen LogP) is 7.86. The van der Waals surface area contributed by atoms with E-state index in [1.54, 1.807) is 0 Å². The molecule has 0 N–H and O–H groups in total. The van der Waals surface area contributed by atoms with Crippen LogP contribution in [0.4, 0.5) is 11.4 Å². The molecule has 1 heterocycles. The van der Waals surface area contributed by atoms with E-state index in [0.29, 0.717) is 0 Å². The summed E-state index contributed by atoms with van der Waals surface area (Å²) in [5.74, 6) is 0. The standard InChI is InChI=1S/C26H26BrN/c1-25-16-6-7-17-26(25,2)28(22-8-4-3-5-9-22)24-15-12-20(18-23(24)25)19-10-13-21(27)14-11-19/h3-5,8-15,18H,6-7,16-17H2,1-2H3. The summed E-state index contributed by atoms with van der Waals surface area (Å²) in [6.45, 7) is 4.98. The van der Waals surface area contributed by atoms with Crippen LogP contribution in [0.25, 0.3) is 11.1 Å². The summed E-state index contributed by atoms with van der Waals surface area (Å²) in [6.07, 6.45) is 5.12. The maximum Gasteiger partial charge on any atom is 0.0517 e. The molecule has 142 valence electrons. The second kappa shape index (κ2) is 6.49. The highest BCUT2D eigenvalue weighted by Gasteiger charge is 2.57. The summed E-state index contributed by atoms with van der Waals surface area (Å²) in [6, 6.07) is 26.7. The second-order valence-electron chi connectivity index (χ2n) is 8.72. The van der Waals surface area contributed by atoms with Crippen molar-refractivity contribution in [3.63, 3.8) is 0 Å². The Morgan fingerprint density at radius 2 is 1.46 bits per heavy atom. The van der Waals surface area contributed by atoms with Crippen molar-refractivity contribution < 1.29 is 0 Å². The molecular formula is C26H26BrN. The fourth-order valence-corrected chi connectivity index (χ4v) is 5.80. The van der Waals surface area contributed by atoms with Crippen molar-refractivity contribution in [2.75, 3.05) is 4.90 Å². The molecule has 2 heteroatoms. The fraction of sp³-hybridized carbons (Fsp3) is 0.308. The van der Waals surface area contributed by atoms with Gasteiger partial charge in [0.25, 0.3) is 0 Å². The molecular weight excluding hydrogens is 406 g/mol. The first-order chi connectivity index (χ1) is 13.5. The Hall–Kier alpha value is -2.06. The SMILES string of the molecule is CC12CCCCC1(C)N(c1ccccc1)c1ccc(-c3ccc(Br)cc3)cc12. The van der Waals surface area contributed by atoms with Crippen LogP contribution in [0.15, 0.2) is 77.3 Å². The molecule has 2 unspecified atom stereocenters. The molecule has 0 bridgehead atoms. The lowest BCUT2D eigenvalue weighted by Crippen LogP contribution is -2.54. The lowest BCUT2D eigenvalue weighted by atomic mass is 9.61. The van der Waals surface area contributed by atoms with Gasteiger partial charge in [0, 0.05) is 21.3 Å². The smallest absolute Gasteiger partial charge is 0.0517 e. The predicted molar refractivity (Wildman–Crippen MR) is 122 cm³/mol. The summed E-state index contributed by atoms with van der Waals surface area (Å²) in [5, 5.41) is 0. The van der Waals surface area contributed by atoms with Gasteiger partial charge in [-0.05, 0) is 72.9 Å². The number of benzene rings is 3. The molecule has 3 aromatic rings. The quantitative estimate of drug-likeness (QED) is 0.398. The van der Waals surface area contributed by atoms with Gasteiger partial charge in [0.2, 0.25) is 0 Å². The third-order valence-electron chi connectivity index (χ3n) is 7.30. The van der Waals surface area contributed by atoms with Crippen molar-refractivity contribution in [3.05, 3.63) is 82.8 Å². The van der Waals surface area contributed by atoms with E-state index in [2.05, 4.69) is 107 Å². The minimum Gasteiger partial charge on any atom is -0.334 e. The van der Waals surface area contributed by atoms with Crippen molar-refractivity contribution in [3.8, 4) is 11.1 Å². The van der Waals surface area contributed by atoms with Crippen LogP contribution in [-0.4, -0.2) is 5.54 Å². The van der Waals surface area contributed by atoms with Crippen LogP contribution in [-0.2, 0) is 5.41 Å². The van der Waals surface area contributed by atoms with Gasteiger partial charge in [0.05, 0.1) is 5.54 Å². The molecule has 1 aliphatic heterocycles. The molecule has 2 atom stereocenters. The normalized spacial score (nSPS) is 26.0. The molecule has 1 saturated carbocycles. The summed E-state index contributed by atoms with van der Waals surface area (Å²) >= 11 is 3.56. The van der Waals surface area contributed by atoms with Gasteiger partial charge in [-0.2, -0.15) is 0 Å². The maximum absolute atomic E-state index is 3.56. The fourth-order valence-electron chi connectivity index (χ4n) is 5.54. The van der Waals surface area contributed by atoms with Crippen molar-refractivity contribution in [1.82, 2.24) is 0 Å². The van der Waals surface area contributed by atoms with Gasteiger partial charge in [0.15, 0.2) is 0 Å². The number of hydrogen-bond acceptors (Lipinski definition) is 1. The molecule has 0 radical (unpaired) electrons. The van der Waals surface area contributed by atoms with Crippen molar-refractivity contribution in [2.24, 2.45) is 0 Å². The van der Waals surface area contributed by atoms with Gasteiger partial charge >= 0.3 is 0 Å². The highest BCUT2D eigenvalue weighted by atomic mass is 79.9. The van der Waals surface area contributed by atoms with Gasteiger partial charge in [0.1, 0.15) is 0 Å². The second-order valence-corrected chi connectivity index (χ2v) is 9.64. The number of hydrogen-bond donors (Lipinski definition) is 0. The van der Waals surface area contributed by atoms with Gasteiger partial charge in [-0.3, -0.25) is 0 Å². The van der Waals surface area contributed by atoms with Crippen molar-refractivity contribution in [1.29, 1.82) is 0 Å². The largest absolute Gasteiger partial charge is 0.334 e. The van der Waals surface area contributed by atoms with E-state index in [1.165, 1.54) is 53.7 Å². The third-order valence-corrected chi connectivity index (χ3v) is 7.83. The zero-order valence-electron chi connectivity index (χ0n) is 16.6. The average molecular weight is 432 g/mol. The van der Waals surface area contributed by atoms with E-state index in [-0.39, 0.29) is 11.0 Å². The maximum atomic E-state index is 3.56. The van der Waals surface area contributed by atoms with E-state index in [1.807, 2.05) is 0 Å². The lowest BCUT2D eigenvalue weighted by molar-refractivity contribution is 0.195. The number of nitrogens with zero attached hydrogens (tertiary/aromatic N) is 1. The number of rotatable bonds is 2. The van der Waals surface area contributed by atoms with Crippen molar-refractivity contribution in [2.45, 2.75) is 50.5 Å². The highest BCUT2D eigenvalue weighted by Crippen LogP contribution is 2.61. The van der Waals surface area contributed by atoms with Crippen LogP contribution >= 0.6 is 15.9 Å². The molecule has 28 heavy (non-hydrogen) atoms. The summed E-state index contributed by atoms with van der Waals surface area (Å²) in [7, 11) is 0. The van der Waals surface area contributed by atoms with Crippen LogP contribution in [0.5, 0.6) is 0 Å². The molecule has 1 nitrogen and oxygen atoms in total. The van der Waals surface area contributed by atoms with Crippen molar-refractivity contribution >= 4 is 27.3 Å². The van der Waals surface area contributed by atoms with E-state index in [9.17, 15) is 0 Å². The summed E-state index contributed by atoms with van der Waals surface area (Å²) in [4.78, 5) is 2.63. The van der Waals surface area contributed by atoms with E-state index in [0.717, 1.165) is 4.47 Å². The summed E-state index contributed by atoms with van der Waals surface area (Å²) in [5.41, 5.74) is 7.10. The topological polar surface area (TPSA) is 3.24 Å². The Morgan fingerprint density at radius 1 is 0.786 bits per heavy atom. The summed E-state index contributed by atoms with van der Waals surface area (Å²) < 4.78 is 1.12. The average Bonchev–Trinajstić information content (AvgIpc) is 2.93. The Labute approximate surface area is 176 Å². The number of fused-ring (bicyclic) bond motifs is 3. The molecule has 0 spiro atoms. The Balaban J connectivity index is 1.71. The molecule has 0 amide bonds.